The second-order valence-corrected chi connectivity index (χ2v) is 5.35. The van der Waals surface area contributed by atoms with Gasteiger partial charge in [-0.3, -0.25) is 4.79 Å². The van der Waals surface area contributed by atoms with E-state index in [4.69, 9.17) is 18.6 Å². The number of hydrogen-bond donors (Lipinski definition) is 1. The van der Waals surface area contributed by atoms with Crippen LogP contribution >= 0.6 is 0 Å². The number of rotatable bonds is 6. The first-order chi connectivity index (χ1) is 10.6. The average Bonchev–Trinajstić information content (AvgIpc) is 3.11. The zero-order chi connectivity index (χ0) is 15.5. The molecule has 0 bridgehead atoms. The summed E-state index contributed by atoms with van der Waals surface area (Å²) in [6.45, 7) is 5.32. The first kappa shape index (κ1) is 14.7. The molecule has 1 N–H and O–H groups in total. The number of carbonyl (C=O) groups excluding carboxylic acids is 1. The van der Waals surface area contributed by atoms with Gasteiger partial charge in [-0.1, -0.05) is 0 Å². The van der Waals surface area contributed by atoms with E-state index in [0.717, 1.165) is 11.8 Å². The molecule has 0 aliphatic carbocycles. The molecule has 2 aromatic rings. The number of nitrogens with one attached hydrogen (secondary N) is 1. The van der Waals surface area contributed by atoms with Gasteiger partial charge in [-0.15, -0.1) is 0 Å². The summed E-state index contributed by atoms with van der Waals surface area (Å²) in [5.41, 5.74) is 0.609. The summed E-state index contributed by atoms with van der Waals surface area (Å²) in [7, 11) is 0. The van der Waals surface area contributed by atoms with Crippen molar-refractivity contribution < 1.29 is 23.4 Å². The third-order valence-corrected chi connectivity index (χ3v) is 3.31. The molecular formula is C16H19NO5. The first-order valence-electron chi connectivity index (χ1n) is 7.37. The highest BCUT2D eigenvalue weighted by atomic mass is 16.7. The molecule has 0 atom stereocenters. The standard InChI is InChI=1S/C16H19NO5/c1-10(2)19-7-3-6-17-16(18)14-8-11-12(22-14)4-5-13-15(11)21-9-20-13/h4-5,8,10H,3,6-7,9H2,1-2H3,(H,17,18). The lowest BCUT2D eigenvalue weighted by molar-refractivity contribution is 0.0753. The zero-order valence-electron chi connectivity index (χ0n) is 12.7. The number of furan rings is 1. The van der Waals surface area contributed by atoms with Gasteiger partial charge >= 0.3 is 0 Å². The molecule has 0 saturated heterocycles. The monoisotopic (exact) mass is 305 g/mol. The molecule has 0 spiro atoms. The Bertz CT molecular complexity index is 676. The van der Waals surface area contributed by atoms with Gasteiger partial charge in [-0.25, -0.2) is 0 Å². The Morgan fingerprint density at radius 3 is 3.05 bits per heavy atom. The van der Waals surface area contributed by atoms with E-state index in [1.807, 2.05) is 13.8 Å². The number of hydrogen-bond acceptors (Lipinski definition) is 5. The van der Waals surface area contributed by atoms with E-state index in [1.54, 1.807) is 18.2 Å². The van der Waals surface area contributed by atoms with Crippen molar-refractivity contribution in [2.24, 2.45) is 0 Å². The van der Waals surface area contributed by atoms with Crippen LogP contribution in [0.2, 0.25) is 0 Å². The van der Waals surface area contributed by atoms with Gasteiger partial charge in [-0.05, 0) is 32.4 Å². The molecule has 118 valence electrons. The number of benzene rings is 1. The molecule has 0 radical (unpaired) electrons. The average molecular weight is 305 g/mol. The molecule has 1 aliphatic heterocycles. The fraction of sp³-hybridized carbons (Fsp3) is 0.438. The van der Waals surface area contributed by atoms with Gasteiger partial charge in [0.05, 0.1) is 11.5 Å². The lowest BCUT2D eigenvalue weighted by atomic mass is 10.2. The predicted octanol–water partition coefficient (Wildman–Crippen LogP) is 2.71. The molecule has 22 heavy (non-hydrogen) atoms. The third kappa shape index (κ3) is 3.01. The van der Waals surface area contributed by atoms with Crippen molar-refractivity contribution in [3.8, 4) is 11.5 Å². The van der Waals surface area contributed by atoms with E-state index >= 15 is 0 Å². The van der Waals surface area contributed by atoms with Crippen LogP contribution in [-0.2, 0) is 4.74 Å². The molecule has 3 rings (SSSR count). The summed E-state index contributed by atoms with van der Waals surface area (Å²) < 4.78 is 21.7. The Balaban J connectivity index is 1.62. The fourth-order valence-corrected chi connectivity index (χ4v) is 2.27. The topological polar surface area (TPSA) is 69.9 Å². The summed E-state index contributed by atoms with van der Waals surface area (Å²) in [5.74, 6) is 1.33. The van der Waals surface area contributed by atoms with Crippen molar-refractivity contribution in [3.63, 3.8) is 0 Å². The number of amides is 1. The highest BCUT2D eigenvalue weighted by molar-refractivity contribution is 5.98. The van der Waals surface area contributed by atoms with Gasteiger partial charge in [0.25, 0.3) is 5.91 Å². The summed E-state index contributed by atoms with van der Waals surface area (Å²) in [6, 6.07) is 5.23. The largest absolute Gasteiger partial charge is 0.454 e. The zero-order valence-corrected chi connectivity index (χ0v) is 12.7. The van der Waals surface area contributed by atoms with Crippen LogP contribution in [0.4, 0.5) is 0 Å². The Morgan fingerprint density at radius 2 is 2.23 bits per heavy atom. The summed E-state index contributed by atoms with van der Waals surface area (Å²) >= 11 is 0. The highest BCUT2D eigenvalue weighted by Gasteiger charge is 2.21. The van der Waals surface area contributed by atoms with Gasteiger partial charge in [0, 0.05) is 19.2 Å². The maximum absolute atomic E-state index is 12.1. The molecule has 1 aromatic carbocycles. The SMILES string of the molecule is CC(C)OCCCNC(=O)c1cc2c3c(ccc2o1)OCO3. The molecule has 0 unspecified atom stereocenters. The minimum absolute atomic E-state index is 0.191. The predicted molar refractivity (Wildman–Crippen MR) is 80.4 cm³/mol. The molecule has 1 aliphatic rings. The van der Waals surface area contributed by atoms with E-state index < -0.39 is 0 Å². The van der Waals surface area contributed by atoms with Crippen LogP contribution in [0.25, 0.3) is 11.0 Å². The summed E-state index contributed by atoms with van der Waals surface area (Å²) in [6.07, 6.45) is 0.964. The Labute approximate surface area is 128 Å². The van der Waals surface area contributed by atoms with E-state index in [2.05, 4.69) is 5.32 Å². The minimum atomic E-state index is -0.242. The summed E-state index contributed by atoms with van der Waals surface area (Å²) in [4.78, 5) is 12.1. The maximum atomic E-state index is 12.1. The van der Waals surface area contributed by atoms with Crippen molar-refractivity contribution in [2.45, 2.75) is 26.4 Å². The highest BCUT2D eigenvalue weighted by Crippen LogP contribution is 2.40. The second kappa shape index (κ2) is 6.27. The number of ether oxygens (including phenoxy) is 3. The van der Waals surface area contributed by atoms with Crippen LogP contribution in [0, 0.1) is 0 Å². The maximum Gasteiger partial charge on any atom is 0.287 e. The van der Waals surface area contributed by atoms with Crippen LogP contribution in [-0.4, -0.2) is 32.0 Å². The molecule has 0 saturated carbocycles. The first-order valence-corrected chi connectivity index (χ1v) is 7.37. The van der Waals surface area contributed by atoms with Crippen molar-refractivity contribution in [1.82, 2.24) is 5.32 Å². The minimum Gasteiger partial charge on any atom is -0.454 e. The number of carbonyl (C=O) groups is 1. The molecule has 1 aromatic heterocycles. The lowest BCUT2D eigenvalue weighted by Gasteiger charge is -2.07. The Hall–Kier alpha value is -2.21. The smallest absolute Gasteiger partial charge is 0.287 e. The third-order valence-electron chi connectivity index (χ3n) is 3.31. The van der Waals surface area contributed by atoms with Crippen molar-refractivity contribution >= 4 is 16.9 Å². The van der Waals surface area contributed by atoms with Crippen LogP contribution < -0.4 is 14.8 Å². The van der Waals surface area contributed by atoms with Gasteiger partial charge < -0.3 is 23.9 Å². The molecule has 1 amide bonds. The second-order valence-electron chi connectivity index (χ2n) is 5.35. The van der Waals surface area contributed by atoms with Crippen LogP contribution in [0.1, 0.15) is 30.8 Å². The molecule has 6 heteroatoms. The molecular weight excluding hydrogens is 286 g/mol. The van der Waals surface area contributed by atoms with E-state index in [1.165, 1.54) is 0 Å². The Kier molecular flexibility index (Phi) is 4.20. The lowest BCUT2D eigenvalue weighted by Crippen LogP contribution is -2.25. The van der Waals surface area contributed by atoms with E-state index in [0.29, 0.717) is 30.2 Å². The molecule has 0 fully saturated rings. The van der Waals surface area contributed by atoms with Crippen molar-refractivity contribution in [2.75, 3.05) is 19.9 Å². The van der Waals surface area contributed by atoms with Crippen LogP contribution in [0.5, 0.6) is 11.5 Å². The van der Waals surface area contributed by atoms with Gasteiger partial charge in [0.1, 0.15) is 5.58 Å². The molecule has 2 heterocycles. The number of fused-ring (bicyclic) bond motifs is 3. The molecule has 6 nitrogen and oxygen atoms in total. The normalized spacial score (nSPS) is 13.0. The fourth-order valence-electron chi connectivity index (χ4n) is 2.27. The van der Waals surface area contributed by atoms with Gasteiger partial charge in [0.2, 0.25) is 6.79 Å². The van der Waals surface area contributed by atoms with Crippen molar-refractivity contribution in [3.05, 3.63) is 24.0 Å². The Morgan fingerprint density at radius 1 is 1.36 bits per heavy atom. The van der Waals surface area contributed by atoms with Crippen LogP contribution in [0.15, 0.2) is 22.6 Å². The van der Waals surface area contributed by atoms with Gasteiger partial charge in [-0.2, -0.15) is 0 Å². The summed E-state index contributed by atoms with van der Waals surface area (Å²) in [5, 5.41) is 3.57. The van der Waals surface area contributed by atoms with E-state index in [9.17, 15) is 4.79 Å². The quantitative estimate of drug-likeness (QED) is 0.831. The van der Waals surface area contributed by atoms with Crippen LogP contribution in [0.3, 0.4) is 0 Å². The van der Waals surface area contributed by atoms with E-state index in [-0.39, 0.29) is 24.6 Å². The van der Waals surface area contributed by atoms with Gasteiger partial charge in [0.15, 0.2) is 17.3 Å². The van der Waals surface area contributed by atoms with Crippen molar-refractivity contribution in [1.29, 1.82) is 0 Å².